The summed E-state index contributed by atoms with van der Waals surface area (Å²) in [5.74, 6) is 1.34. The number of aryl methyl sites for hydroxylation is 1. The van der Waals surface area contributed by atoms with E-state index in [9.17, 15) is 4.79 Å². The number of nitrogens with zero attached hydrogens (tertiary/aromatic N) is 4. The van der Waals surface area contributed by atoms with E-state index in [0.717, 1.165) is 23.8 Å². The van der Waals surface area contributed by atoms with E-state index >= 15 is 0 Å². The van der Waals surface area contributed by atoms with Crippen LogP contribution in [0.4, 0.5) is 0 Å². The second kappa shape index (κ2) is 9.07. The van der Waals surface area contributed by atoms with Crippen molar-refractivity contribution in [3.05, 3.63) is 42.5 Å². The Bertz CT molecular complexity index is 745. The van der Waals surface area contributed by atoms with Gasteiger partial charge in [0.25, 0.3) is 0 Å². The van der Waals surface area contributed by atoms with Gasteiger partial charge in [-0.3, -0.25) is 4.79 Å². The summed E-state index contributed by atoms with van der Waals surface area (Å²) in [5.41, 5.74) is 1.18. The van der Waals surface area contributed by atoms with Crippen molar-refractivity contribution in [2.24, 2.45) is 7.05 Å². The molecule has 1 aliphatic carbocycles. The second-order valence-electron chi connectivity index (χ2n) is 6.78. The number of amides is 1. The van der Waals surface area contributed by atoms with E-state index in [1.54, 1.807) is 0 Å². The highest BCUT2D eigenvalue weighted by Gasteiger charge is 2.18. The zero-order valence-electron chi connectivity index (χ0n) is 15.4. The van der Waals surface area contributed by atoms with Crippen LogP contribution in [0, 0.1) is 0 Å². The molecule has 26 heavy (non-hydrogen) atoms. The van der Waals surface area contributed by atoms with E-state index in [4.69, 9.17) is 0 Å². The van der Waals surface area contributed by atoms with Gasteiger partial charge in [-0.1, -0.05) is 37.1 Å². The predicted octanol–water partition coefficient (Wildman–Crippen LogP) is 2.93. The molecule has 2 heterocycles. The minimum atomic E-state index is 0.0824. The lowest BCUT2D eigenvalue weighted by Gasteiger charge is -2.22. The summed E-state index contributed by atoms with van der Waals surface area (Å²) in [6, 6.07) is 4.45. The quantitative estimate of drug-likeness (QED) is 0.571. The number of aromatic nitrogens is 4. The van der Waals surface area contributed by atoms with Crippen LogP contribution in [0.2, 0.25) is 0 Å². The molecule has 0 radical (unpaired) electrons. The third-order valence-electron chi connectivity index (χ3n) is 4.80. The summed E-state index contributed by atoms with van der Waals surface area (Å²) in [4.78, 5) is 12.2. The molecule has 1 amide bonds. The van der Waals surface area contributed by atoms with E-state index in [0.29, 0.717) is 24.8 Å². The molecule has 0 bridgehead atoms. The van der Waals surface area contributed by atoms with Crippen molar-refractivity contribution in [2.45, 2.75) is 56.3 Å². The molecule has 0 spiro atoms. The number of thioether (sulfide) groups is 1. The van der Waals surface area contributed by atoms with Crippen molar-refractivity contribution >= 4 is 17.7 Å². The summed E-state index contributed by atoms with van der Waals surface area (Å²) in [6.45, 7) is 4.47. The summed E-state index contributed by atoms with van der Waals surface area (Å²) in [5, 5.41) is 12.6. The Morgan fingerprint density at radius 1 is 1.38 bits per heavy atom. The summed E-state index contributed by atoms with van der Waals surface area (Å²) < 4.78 is 4.12. The van der Waals surface area contributed by atoms with Gasteiger partial charge in [0.15, 0.2) is 5.16 Å². The van der Waals surface area contributed by atoms with Crippen molar-refractivity contribution in [3.8, 4) is 0 Å². The first-order chi connectivity index (χ1) is 12.7. The van der Waals surface area contributed by atoms with Gasteiger partial charge in [-0.15, -0.1) is 16.8 Å². The van der Waals surface area contributed by atoms with Gasteiger partial charge >= 0.3 is 0 Å². The summed E-state index contributed by atoms with van der Waals surface area (Å²) in [7, 11) is 2.02. The Morgan fingerprint density at radius 2 is 2.19 bits per heavy atom. The molecule has 0 unspecified atom stereocenters. The Hall–Kier alpha value is -2.02. The molecule has 1 N–H and O–H groups in total. The maximum absolute atomic E-state index is 12.2. The van der Waals surface area contributed by atoms with Crippen LogP contribution in [0.1, 0.15) is 43.6 Å². The number of carbonyl (C=O) groups excluding carboxylic acids is 1. The zero-order valence-corrected chi connectivity index (χ0v) is 16.2. The first kappa shape index (κ1) is 18.8. The monoisotopic (exact) mass is 373 g/mol. The Kier molecular flexibility index (Phi) is 6.55. The van der Waals surface area contributed by atoms with Crippen LogP contribution in [-0.4, -0.2) is 37.0 Å². The van der Waals surface area contributed by atoms with Gasteiger partial charge in [0, 0.05) is 37.9 Å². The lowest BCUT2D eigenvalue weighted by Crippen LogP contribution is -2.37. The fourth-order valence-corrected chi connectivity index (χ4v) is 4.14. The van der Waals surface area contributed by atoms with Gasteiger partial charge < -0.3 is 14.5 Å². The fraction of sp³-hybridized carbons (Fsp3) is 0.526. The molecule has 1 fully saturated rings. The number of carbonyl (C=O) groups is 1. The molecular formula is C19H27N5OS. The summed E-state index contributed by atoms with van der Waals surface area (Å²) in [6.07, 6.45) is 10.5. The van der Waals surface area contributed by atoms with E-state index in [-0.39, 0.29) is 5.91 Å². The van der Waals surface area contributed by atoms with Crippen LogP contribution >= 0.6 is 11.8 Å². The first-order valence-corrected chi connectivity index (χ1v) is 10.2. The minimum absolute atomic E-state index is 0.0824. The topological polar surface area (TPSA) is 64.7 Å². The molecule has 140 valence electrons. The lowest BCUT2D eigenvalue weighted by molar-refractivity contribution is -0.119. The number of nitrogens with one attached hydrogen (secondary N) is 1. The molecule has 1 aliphatic rings. The van der Waals surface area contributed by atoms with E-state index in [1.807, 2.05) is 30.0 Å². The Labute approximate surface area is 159 Å². The Morgan fingerprint density at radius 3 is 2.88 bits per heavy atom. The van der Waals surface area contributed by atoms with E-state index < -0.39 is 0 Å². The van der Waals surface area contributed by atoms with E-state index in [1.165, 1.54) is 36.7 Å². The smallest absolute Gasteiger partial charge is 0.230 e. The normalized spacial score (nSPS) is 15.1. The average molecular weight is 374 g/mol. The maximum atomic E-state index is 12.2. The van der Waals surface area contributed by atoms with Crippen LogP contribution in [0.15, 0.2) is 36.1 Å². The van der Waals surface area contributed by atoms with Crippen LogP contribution in [0.3, 0.4) is 0 Å². The standard InChI is InChI=1S/C19H27N5OS/c1-3-11-24-17(13-16-10-7-12-23(16)2)21-22-19(24)26-14-18(25)20-15-8-5-4-6-9-15/h3,7,10,12,15H,1,4-6,8-9,11,13-14H2,2H3,(H,20,25). The van der Waals surface area contributed by atoms with Gasteiger partial charge in [-0.2, -0.15) is 0 Å². The second-order valence-corrected chi connectivity index (χ2v) is 7.72. The molecule has 7 heteroatoms. The number of rotatable bonds is 8. The van der Waals surface area contributed by atoms with Crippen LogP contribution in [0.5, 0.6) is 0 Å². The fourth-order valence-electron chi connectivity index (χ4n) is 3.36. The number of hydrogen-bond donors (Lipinski definition) is 1. The molecule has 0 saturated heterocycles. The van der Waals surface area contributed by atoms with Crippen molar-refractivity contribution < 1.29 is 4.79 Å². The zero-order chi connectivity index (χ0) is 18.4. The molecular weight excluding hydrogens is 346 g/mol. The van der Waals surface area contributed by atoms with Crippen molar-refractivity contribution in [1.29, 1.82) is 0 Å². The van der Waals surface area contributed by atoms with Crippen molar-refractivity contribution in [3.63, 3.8) is 0 Å². The van der Waals surface area contributed by atoms with Crippen LogP contribution in [-0.2, 0) is 24.8 Å². The summed E-state index contributed by atoms with van der Waals surface area (Å²) >= 11 is 1.44. The average Bonchev–Trinajstić information content (AvgIpc) is 3.22. The van der Waals surface area contributed by atoms with Crippen molar-refractivity contribution in [1.82, 2.24) is 24.6 Å². The third-order valence-corrected chi connectivity index (χ3v) is 5.77. The Balaban J connectivity index is 1.61. The lowest BCUT2D eigenvalue weighted by atomic mass is 9.95. The number of allylic oxidation sites excluding steroid dienone is 1. The van der Waals surface area contributed by atoms with Crippen LogP contribution in [0.25, 0.3) is 0 Å². The van der Waals surface area contributed by atoms with E-state index in [2.05, 4.69) is 32.7 Å². The van der Waals surface area contributed by atoms with Gasteiger partial charge in [-0.05, 0) is 25.0 Å². The number of hydrogen-bond acceptors (Lipinski definition) is 4. The van der Waals surface area contributed by atoms with Gasteiger partial charge in [0.05, 0.1) is 5.75 Å². The van der Waals surface area contributed by atoms with Crippen LogP contribution < -0.4 is 5.32 Å². The largest absolute Gasteiger partial charge is 0.354 e. The molecule has 0 aromatic carbocycles. The van der Waals surface area contributed by atoms with Gasteiger partial charge in [0.2, 0.25) is 5.91 Å². The molecule has 6 nitrogen and oxygen atoms in total. The third kappa shape index (κ3) is 4.78. The predicted molar refractivity (Wildman–Crippen MR) is 104 cm³/mol. The highest BCUT2D eigenvalue weighted by molar-refractivity contribution is 7.99. The molecule has 1 saturated carbocycles. The highest BCUT2D eigenvalue weighted by Crippen LogP contribution is 2.20. The SMILES string of the molecule is C=CCn1c(Cc2cccn2C)nnc1SCC(=O)NC1CCCCC1. The molecule has 3 rings (SSSR count). The molecule has 2 aromatic rings. The van der Waals surface area contributed by atoms with Crippen molar-refractivity contribution in [2.75, 3.05) is 5.75 Å². The molecule has 0 aliphatic heterocycles. The minimum Gasteiger partial charge on any atom is -0.354 e. The van der Waals surface area contributed by atoms with Gasteiger partial charge in [-0.25, -0.2) is 0 Å². The first-order valence-electron chi connectivity index (χ1n) is 9.22. The van der Waals surface area contributed by atoms with Gasteiger partial charge in [0.1, 0.15) is 5.82 Å². The molecule has 0 atom stereocenters. The maximum Gasteiger partial charge on any atom is 0.230 e. The molecule has 2 aromatic heterocycles. The highest BCUT2D eigenvalue weighted by atomic mass is 32.2.